The molecule has 0 aromatic carbocycles. The van der Waals surface area contributed by atoms with Crippen LogP contribution >= 0.6 is 12.6 Å². The number of nitrogens with one attached hydrogen (secondary N) is 1. The van der Waals surface area contributed by atoms with E-state index >= 15 is 0 Å². The van der Waals surface area contributed by atoms with Gasteiger partial charge >= 0.3 is 0 Å². The van der Waals surface area contributed by atoms with Gasteiger partial charge in [-0.25, -0.2) is 4.98 Å². The first-order chi connectivity index (χ1) is 6.13. The molecule has 0 amide bonds. The zero-order valence-electron chi connectivity index (χ0n) is 8.59. The number of imidazole rings is 1. The summed E-state index contributed by atoms with van der Waals surface area (Å²) in [5.74, 6) is 2.60. The molecule has 0 aliphatic rings. The van der Waals surface area contributed by atoms with Crippen LogP contribution in [0.5, 0.6) is 0 Å². The number of aromatic nitrogens is 2. The zero-order chi connectivity index (χ0) is 9.84. The first-order valence-corrected chi connectivity index (χ1v) is 5.42. The molecule has 13 heavy (non-hydrogen) atoms. The lowest BCUT2D eigenvalue weighted by molar-refractivity contribution is 0.634. The van der Waals surface area contributed by atoms with Gasteiger partial charge in [0.25, 0.3) is 0 Å². The molecule has 1 aromatic heterocycles. The quantitative estimate of drug-likeness (QED) is 0.715. The molecule has 74 valence electrons. The van der Waals surface area contributed by atoms with Gasteiger partial charge in [-0.05, 0) is 25.0 Å². The van der Waals surface area contributed by atoms with Crippen LogP contribution in [0.25, 0.3) is 0 Å². The third-order valence-electron chi connectivity index (χ3n) is 1.98. The Bertz CT molecular complexity index is 266. The lowest BCUT2D eigenvalue weighted by Crippen LogP contribution is -1.96. The zero-order valence-corrected chi connectivity index (χ0v) is 9.49. The van der Waals surface area contributed by atoms with Crippen molar-refractivity contribution in [3.63, 3.8) is 0 Å². The summed E-state index contributed by atoms with van der Waals surface area (Å²) in [6, 6.07) is 0. The van der Waals surface area contributed by atoms with E-state index in [9.17, 15) is 0 Å². The van der Waals surface area contributed by atoms with Crippen LogP contribution in [0.4, 0.5) is 0 Å². The molecule has 0 radical (unpaired) electrons. The van der Waals surface area contributed by atoms with E-state index in [1.165, 1.54) is 11.4 Å². The Morgan fingerprint density at radius 1 is 1.46 bits per heavy atom. The van der Waals surface area contributed by atoms with Gasteiger partial charge in [0.15, 0.2) is 0 Å². The predicted octanol–water partition coefficient (Wildman–Crippen LogP) is 2.39. The van der Waals surface area contributed by atoms with Crippen molar-refractivity contribution in [3.8, 4) is 0 Å². The van der Waals surface area contributed by atoms with Crippen molar-refractivity contribution < 1.29 is 0 Å². The Morgan fingerprint density at radius 3 is 2.69 bits per heavy atom. The summed E-state index contributed by atoms with van der Waals surface area (Å²) in [5, 5.41) is 0. The number of hydrogen-bond donors (Lipinski definition) is 2. The topological polar surface area (TPSA) is 28.7 Å². The summed E-state index contributed by atoms with van der Waals surface area (Å²) in [6.07, 6.45) is 2.00. The Labute approximate surface area is 85.6 Å². The predicted molar refractivity (Wildman–Crippen MR) is 59.4 cm³/mol. The van der Waals surface area contributed by atoms with E-state index in [0.29, 0.717) is 5.92 Å². The fourth-order valence-corrected chi connectivity index (χ4v) is 1.58. The fraction of sp³-hybridized carbons (Fsp3) is 0.700. The lowest BCUT2D eigenvalue weighted by Gasteiger charge is -2.00. The van der Waals surface area contributed by atoms with Gasteiger partial charge in [0, 0.05) is 12.1 Å². The second kappa shape index (κ2) is 4.70. The van der Waals surface area contributed by atoms with Crippen molar-refractivity contribution >= 4 is 12.6 Å². The fourth-order valence-electron chi connectivity index (χ4n) is 1.37. The Hall–Kier alpha value is -0.440. The Balaban J connectivity index is 2.71. The minimum atomic E-state index is 0.672. The first kappa shape index (κ1) is 10.6. The average molecular weight is 198 g/mol. The summed E-state index contributed by atoms with van der Waals surface area (Å²) in [6.45, 7) is 6.52. The molecule has 0 aliphatic carbocycles. The molecule has 3 heteroatoms. The van der Waals surface area contributed by atoms with E-state index in [1.54, 1.807) is 0 Å². The van der Waals surface area contributed by atoms with Crippen LogP contribution in [-0.2, 0) is 12.8 Å². The maximum absolute atomic E-state index is 4.54. The largest absolute Gasteiger partial charge is 0.346 e. The summed E-state index contributed by atoms with van der Waals surface area (Å²) in [5.41, 5.74) is 2.43. The Kier molecular flexibility index (Phi) is 3.85. The van der Waals surface area contributed by atoms with E-state index in [4.69, 9.17) is 0 Å². The number of rotatable bonds is 4. The van der Waals surface area contributed by atoms with Crippen molar-refractivity contribution in [2.24, 2.45) is 5.92 Å². The number of H-pyrrole nitrogens is 1. The second-order valence-corrected chi connectivity index (χ2v) is 4.27. The van der Waals surface area contributed by atoms with Crippen LogP contribution in [-0.4, -0.2) is 15.7 Å². The average Bonchev–Trinajstić information content (AvgIpc) is 2.31. The van der Waals surface area contributed by atoms with E-state index in [-0.39, 0.29) is 0 Å². The van der Waals surface area contributed by atoms with Crippen molar-refractivity contribution in [3.05, 3.63) is 17.2 Å². The number of thiol groups is 1. The molecule has 0 unspecified atom stereocenters. The molecule has 0 fully saturated rings. The molecule has 0 aliphatic heterocycles. The number of aryl methyl sites for hydroxylation is 2. The van der Waals surface area contributed by atoms with Gasteiger partial charge < -0.3 is 4.98 Å². The van der Waals surface area contributed by atoms with Crippen LogP contribution in [0.2, 0.25) is 0 Å². The van der Waals surface area contributed by atoms with Gasteiger partial charge in [-0.15, -0.1) is 0 Å². The van der Waals surface area contributed by atoms with Gasteiger partial charge in [0.1, 0.15) is 5.82 Å². The molecule has 0 saturated carbocycles. The highest BCUT2D eigenvalue weighted by Crippen LogP contribution is 2.11. The van der Waals surface area contributed by atoms with Gasteiger partial charge in [0.2, 0.25) is 0 Å². The van der Waals surface area contributed by atoms with Crippen molar-refractivity contribution in [2.75, 3.05) is 5.75 Å². The third kappa shape index (κ3) is 3.07. The first-order valence-electron chi connectivity index (χ1n) is 4.78. The molecule has 2 nitrogen and oxygen atoms in total. The van der Waals surface area contributed by atoms with Crippen molar-refractivity contribution in [1.82, 2.24) is 9.97 Å². The van der Waals surface area contributed by atoms with Gasteiger partial charge in [-0.1, -0.05) is 13.8 Å². The van der Waals surface area contributed by atoms with Crippen LogP contribution in [0.3, 0.4) is 0 Å². The molecule has 1 rings (SSSR count). The third-order valence-corrected chi connectivity index (χ3v) is 2.21. The standard InChI is InChI=1S/C10H18N2S/c1-7(2)6-9-8(3)11-10(12-9)4-5-13/h7,13H,4-6H2,1-3H3,(H,11,12). The highest BCUT2D eigenvalue weighted by Gasteiger charge is 2.07. The minimum Gasteiger partial charge on any atom is -0.346 e. The summed E-state index contributed by atoms with van der Waals surface area (Å²) in [4.78, 5) is 7.83. The van der Waals surface area contributed by atoms with Crippen molar-refractivity contribution in [1.29, 1.82) is 0 Å². The normalized spacial score (nSPS) is 11.2. The monoisotopic (exact) mass is 198 g/mol. The highest BCUT2D eigenvalue weighted by atomic mass is 32.1. The minimum absolute atomic E-state index is 0.672. The number of nitrogens with zero attached hydrogens (tertiary/aromatic N) is 1. The molecular weight excluding hydrogens is 180 g/mol. The van der Waals surface area contributed by atoms with Gasteiger partial charge in [0.05, 0.1) is 5.69 Å². The SMILES string of the molecule is Cc1[nH]c(CCS)nc1CC(C)C. The van der Waals surface area contributed by atoms with E-state index in [1.807, 2.05) is 0 Å². The smallest absolute Gasteiger partial charge is 0.107 e. The van der Waals surface area contributed by atoms with Crippen LogP contribution < -0.4 is 0 Å². The van der Waals surface area contributed by atoms with Crippen LogP contribution in [0, 0.1) is 12.8 Å². The molecule has 0 spiro atoms. The van der Waals surface area contributed by atoms with Crippen LogP contribution in [0.1, 0.15) is 31.1 Å². The van der Waals surface area contributed by atoms with Crippen molar-refractivity contribution in [2.45, 2.75) is 33.6 Å². The van der Waals surface area contributed by atoms with E-state index in [0.717, 1.165) is 24.4 Å². The molecule has 0 saturated heterocycles. The van der Waals surface area contributed by atoms with Crippen LogP contribution in [0.15, 0.2) is 0 Å². The summed E-state index contributed by atoms with van der Waals surface area (Å²) in [7, 11) is 0. The molecular formula is C10H18N2S. The maximum Gasteiger partial charge on any atom is 0.107 e. The van der Waals surface area contributed by atoms with Gasteiger partial charge in [-0.2, -0.15) is 12.6 Å². The molecule has 1 heterocycles. The summed E-state index contributed by atoms with van der Waals surface area (Å²) < 4.78 is 0. The number of aromatic amines is 1. The van der Waals surface area contributed by atoms with E-state index in [2.05, 4.69) is 43.4 Å². The maximum atomic E-state index is 4.54. The Morgan fingerprint density at radius 2 is 2.15 bits per heavy atom. The highest BCUT2D eigenvalue weighted by molar-refractivity contribution is 7.80. The van der Waals surface area contributed by atoms with E-state index < -0.39 is 0 Å². The second-order valence-electron chi connectivity index (χ2n) is 3.83. The molecule has 0 atom stereocenters. The molecule has 0 bridgehead atoms. The molecule has 1 N–H and O–H groups in total. The summed E-state index contributed by atoms with van der Waals surface area (Å²) >= 11 is 4.19. The molecule has 1 aromatic rings. The number of hydrogen-bond acceptors (Lipinski definition) is 2. The lowest BCUT2D eigenvalue weighted by atomic mass is 10.1. The van der Waals surface area contributed by atoms with Gasteiger partial charge in [-0.3, -0.25) is 0 Å².